The van der Waals surface area contributed by atoms with E-state index >= 15 is 0 Å². The Bertz CT molecular complexity index is 731. The second kappa shape index (κ2) is 10.9. The van der Waals surface area contributed by atoms with Crippen LogP contribution in [0.5, 0.6) is 0 Å². The van der Waals surface area contributed by atoms with Crippen LogP contribution in [-0.2, 0) is 24.3 Å². The highest BCUT2D eigenvalue weighted by molar-refractivity contribution is 7.91. The summed E-state index contributed by atoms with van der Waals surface area (Å²) in [4.78, 5) is 28.1. The second-order valence-electron chi connectivity index (χ2n) is 6.57. The van der Waals surface area contributed by atoms with Crippen molar-refractivity contribution >= 4 is 33.2 Å². The van der Waals surface area contributed by atoms with E-state index in [1.54, 1.807) is 30.4 Å². The molecule has 2 amide bonds. The summed E-state index contributed by atoms with van der Waals surface area (Å²) in [5, 5.41) is 4.51. The number of hydrogen-bond acceptors (Lipinski definition) is 7. The minimum atomic E-state index is -3.69. The maximum absolute atomic E-state index is 12.6. The number of methoxy groups -OCH3 is 1. The Morgan fingerprint density at radius 2 is 2.00 bits per heavy atom. The Balaban J connectivity index is 1.74. The first-order valence-corrected chi connectivity index (χ1v) is 11.5. The summed E-state index contributed by atoms with van der Waals surface area (Å²) in [6, 6.07) is 2.31. The Hall–Kier alpha value is -1.53. The molecule has 2 N–H and O–H groups in total. The van der Waals surface area contributed by atoms with E-state index in [0.29, 0.717) is 39.3 Å². The lowest BCUT2D eigenvalue weighted by molar-refractivity contribution is -0.134. The fourth-order valence-electron chi connectivity index (χ4n) is 2.86. The number of carbonyl (C=O) groups is 2. The zero-order valence-corrected chi connectivity index (χ0v) is 17.9. The van der Waals surface area contributed by atoms with Crippen LogP contribution in [0.15, 0.2) is 21.7 Å². The highest BCUT2D eigenvalue weighted by Crippen LogP contribution is 2.16. The van der Waals surface area contributed by atoms with Crippen LogP contribution in [0.4, 0.5) is 0 Å². The van der Waals surface area contributed by atoms with E-state index in [-0.39, 0.29) is 22.6 Å². The minimum Gasteiger partial charge on any atom is -0.385 e. The number of hydrogen-bond donors (Lipinski definition) is 2. The van der Waals surface area contributed by atoms with Crippen LogP contribution in [-0.4, -0.2) is 89.1 Å². The molecule has 1 aliphatic heterocycles. The summed E-state index contributed by atoms with van der Waals surface area (Å²) >= 11 is 1.11. The predicted octanol–water partition coefficient (Wildman–Crippen LogP) is -0.288. The largest absolute Gasteiger partial charge is 0.385 e. The molecule has 158 valence electrons. The highest BCUT2D eigenvalue weighted by Gasteiger charge is 2.29. The van der Waals surface area contributed by atoms with E-state index in [4.69, 9.17) is 4.74 Å². The van der Waals surface area contributed by atoms with Crippen LogP contribution in [0.2, 0.25) is 0 Å². The summed E-state index contributed by atoms with van der Waals surface area (Å²) in [7, 11) is -2.07. The number of rotatable bonds is 10. The molecule has 1 atom stereocenters. The van der Waals surface area contributed by atoms with Gasteiger partial charge in [0.05, 0.1) is 12.6 Å². The number of carbonyl (C=O) groups excluding carboxylic acids is 2. The molecule has 1 aromatic heterocycles. The summed E-state index contributed by atoms with van der Waals surface area (Å²) in [6.07, 6.45) is 0.768. The van der Waals surface area contributed by atoms with Gasteiger partial charge in [-0.2, -0.15) is 4.72 Å². The van der Waals surface area contributed by atoms with Crippen LogP contribution < -0.4 is 10.0 Å². The number of nitrogens with one attached hydrogen (secondary N) is 2. The van der Waals surface area contributed by atoms with Crippen molar-refractivity contribution in [2.45, 2.75) is 23.6 Å². The molecule has 2 heterocycles. The van der Waals surface area contributed by atoms with Crippen molar-refractivity contribution in [1.29, 1.82) is 0 Å². The third-order valence-corrected chi connectivity index (χ3v) is 7.30. The third kappa shape index (κ3) is 6.82. The smallest absolute Gasteiger partial charge is 0.250 e. The quantitative estimate of drug-likeness (QED) is 0.492. The van der Waals surface area contributed by atoms with Gasteiger partial charge in [0.25, 0.3) is 10.0 Å². The van der Waals surface area contributed by atoms with Crippen LogP contribution in [0, 0.1) is 0 Å². The summed E-state index contributed by atoms with van der Waals surface area (Å²) in [6.45, 7) is 5.08. The monoisotopic (exact) mass is 432 g/mol. The van der Waals surface area contributed by atoms with Gasteiger partial charge in [-0.1, -0.05) is 6.07 Å². The zero-order valence-electron chi connectivity index (χ0n) is 16.2. The molecule has 1 fully saturated rings. The summed E-state index contributed by atoms with van der Waals surface area (Å²) in [5.74, 6) is -0.309. The average molecular weight is 433 g/mol. The molecule has 1 unspecified atom stereocenters. The lowest BCUT2D eigenvalue weighted by atomic mass is 10.2. The van der Waals surface area contributed by atoms with Crippen molar-refractivity contribution < 1.29 is 22.7 Å². The Morgan fingerprint density at radius 1 is 1.29 bits per heavy atom. The maximum Gasteiger partial charge on any atom is 0.250 e. The van der Waals surface area contributed by atoms with E-state index in [0.717, 1.165) is 17.8 Å². The SMILES string of the molecule is COCCCNC(=O)CN1CCN(C(=O)C(C)NS(=O)(=O)c2cccs2)CC1. The van der Waals surface area contributed by atoms with Crippen molar-refractivity contribution in [3.63, 3.8) is 0 Å². The first-order chi connectivity index (χ1) is 13.3. The number of piperazine rings is 1. The van der Waals surface area contributed by atoms with Crippen molar-refractivity contribution in [3.05, 3.63) is 17.5 Å². The molecule has 0 aliphatic carbocycles. The molecular weight excluding hydrogens is 404 g/mol. The van der Waals surface area contributed by atoms with E-state index < -0.39 is 16.1 Å². The van der Waals surface area contributed by atoms with Gasteiger partial charge in [-0.25, -0.2) is 8.42 Å². The average Bonchev–Trinajstić information content (AvgIpc) is 3.21. The minimum absolute atomic E-state index is 0.0482. The first kappa shape index (κ1) is 22.8. The zero-order chi connectivity index (χ0) is 20.6. The van der Waals surface area contributed by atoms with Gasteiger partial charge in [0.1, 0.15) is 4.21 Å². The number of sulfonamides is 1. The lowest BCUT2D eigenvalue weighted by Gasteiger charge is -2.35. The Labute approximate surface area is 170 Å². The van der Waals surface area contributed by atoms with Crippen LogP contribution in [0.3, 0.4) is 0 Å². The molecule has 0 bridgehead atoms. The summed E-state index contributed by atoms with van der Waals surface area (Å²) in [5.41, 5.74) is 0. The topological polar surface area (TPSA) is 108 Å². The van der Waals surface area contributed by atoms with E-state index in [9.17, 15) is 18.0 Å². The second-order valence-corrected chi connectivity index (χ2v) is 9.46. The predicted molar refractivity (Wildman–Crippen MR) is 107 cm³/mol. The van der Waals surface area contributed by atoms with Gasteiger partial charge in [-0.3, -0.25) is 14.5 Å². The number of thiophene rings is 1. The van der Waals surface area contributed by atoms with Crippen LogP contribution >= 0.6 is 11.3 Å². The standard InChI is InChI=1S/C17H28N4O5S2/c1-14(19-28(24,25)16-5-3-12-27-16)17(23)21-9-7-20(8-10-21)13-15(22)18-6-4-11-26-2/h3,5,12,14,19H,4,6-11,13H2,1-2H3,(H,18,22). The van der Waals surface area contributed by atoms with Gasteiger partial charge in [-0.05, 0) is 24.8 Å². The molecule has 0 radical (unpaired) electrons. The summed E-state index contributed by atoms with van der Waals surface area (Å²) < 4.78 is 32.1. The molecule has 0 aromatic carbocycles. The molecule has 1 aliphatic rings. The van der Waals surface area contributed by atoms with E-state index in [2.05, 4.69) is 10.0 Å². The third-order valence-electron chi connectivity index (χ3n) is 4.36. The van der Waals surface area contributed by atoms with Crippen molar-refractivity contribution in [2.75, 3.05) is 53.0 Å². The fourth-order valence-corrected chi connectivity index (χ4v) is 5.07. The number of amides is 2. The molecule has 2 rings (SSSR count). The maximum atomic E-state index is 12.6. The van der Waals surface area contributed by atoms with Crippen molar-refractivity contribution in [1.82, 2.24) is 19.8 Å². The van der Waals surface area contributed by atoms with Gasteiger partial charge >= 0.3 is 0 Å². The van der Waals surface area contributed by atoms with Gasteiger partial charge in [0.2, 0.25) is 11.8 Å². The van der Waals surface area contributed by atoms with Gasteiger partial charge in [0, 0.05) is 46.4 Å². The Morgan fingerprint density at radius 3 is 2.61 bits per heavy atom. The van der Waals surface area contributed by atoms with Crippen LogP contribution in [0.1, 0.15) is 13.3 Å². The first-order valence-electron chi connectivity index (χ1n) is 9.16. The number of nitrogens with zero attached hydrogens (tertiary/aromatic N) is 2. The van der Waals surface area contributed by atoms with Crippen LogP contribution in [0.25, 0.3) is 0 Å². The van der Waals surface area contributed by atoms with Gasteiger partial charge in [0.15, 0.2) is 0 Å². The molecule has 9 nitrogen and oxygen atoms in total. The van der Waals surface area contributed by atoms with E-state index in [1.165, 1.54) is 6.07 Å². The molecule has 0 saturated carbocycles. The van der Waals surface area contributed by atoms with Gasteiger partial charge in [-0.15, -0.1) is 11.3 Å². The lowest BCUT2D eigenvalue weighted by Crippen LogP contribution is -2.55. The molecule has 11 heteroatoms. The highest BCUT2D eigenvalue weighted by atomic mass is 32.2. The number of ether oxygens (including phenoxy) is 1. The van der Waals surface area contributed by atoms with Gasteiger partial charge < -0.3 is 15.0 Å². The molecule has 28 heavy (non-hydrogen) atoms. The van der Waals surface area contributed by atoms with E-state index in [1.807, 2.05) is 4.90 Å². The van der Waals surface area contributed by atoms with Crippen molar-refractivity contribution in [3.8, 4) is 0 Å². The Kier molecular flexibility index (Phi) is 8.83. The normalized spacial score (nSPS) is 16.7. The fraction of sp³-hybridized carbons (Fsp3) is 0.647. The van der Waals surface area contributed by atoms with Crippen molar-refractivity contribution in [2.24, 2.45) is 0 Å². The molecule has 1 saturated heterocycles. The molecular formula is C17H28N4O5S2. The molecule has 1 aromatic rings. The molecule has 0 spiro atoms.